The predicted octanol–water partition coefficient (Wildman–Crippen LogP) is 1.34. The molecule has 1 atom stereocenters. The van der Waals surface area contributed by atoms with Gasteiger partial charge in [-0.1, -0.05) is 11.6 Å². The van der Waals surface area contributed by atoms with Crippen LogP contribution >= 0.6 is 11.6 Å². The number of hydrazine groups is 1. The van der Waals surface area contributed by atoms with Crippen molar-refractivity contribution in [2.75, 3.05) is 19.8 Å². The molecule has 0 aliphatic carbocycles. The van der Waals surface area contributed by atoms with Crippen LogP contribution in [0.25, 0.3) is 0 Å². The topological polar surface area (TPSA) is 74.3 Å². The number of nitrogens with one attached hydrogen (secondary N) is 1. The minimum atomic E-state index is -0.316. The summed E-state index contributed by atoms with van der Waals surface area (Å²) in [6.07, 6.45) is 2.32. The zero-order valence-electron chi connectivity index (χ0n) is 13.0. The fourth-order valence-electron chi connectivity index (χ4n) is 3.09. The summed E-state index contributed by atoms with van der Waals surface area (Å²) in [7, 11) is 1.90. The highest BCUT2D eigenvalue weighted by atomic mass is 35.5. The SMILES string of the molecule is CCOC1(C(Cc2c(Cl)c(C)nn2C)NN)CCOCC1. The van der Waals surface area contributed by atoms with E-state index in [1.165, 1.54) is 0 Å². The van der Waals surface area contributed by atoms with E-state index in [-0.39, 0.29) is 11.6 Å². The van der Waals surface area contributed by atoms with Gasteiger partial charge in [0.05, 0.1) is 28.1 Å². The predicted molar refractivity (Wildman–Crippen MR) is 82.2 cm³/mol. The third-order valence-electron chi connectivity index (χ3n) is 4.27. The number of halogens is 1. The Morgan fingerprint density at radius 1 is 1.52 bits per heavy atom. The quantitative estimate of drug-likeness (QED) is 0.612. The number of ether oxygens (including phenoxy) is 2. The first-order valence-electron chi connectivity index (χ1n) is 7.40. The number of nitrogens with two attached hydrogens (primary N) is 1. The second-order valence-corrected chi connectivity index (χ2v) is 5.88. The van der Waals surface area contributed by atoms with Crippen LogP contribution in [-0.4, -0.2) is 41.2 Å². The van der Waals surface area contributed by atoms with Crippen molar-refractivity contribution >= 4 is 11.6 Å². The first kappa shape index (κ1) is 16.7. The molecular formula is C14H25ClN4O2. The van der Waals surface area contributed by atoms with Crippen molar-refractivity contribution in [3.63, 3.8) is 0 Å². The molecule has 1 saturated heterocycles. The number of rotatable bonds is 6. The lowest BCUT2D eigenvalue weighted by molar-refractivity contribution is -0.126. The molecule has 1 aromatic heterocycles. The van der Waals surface area contributed by atoms with E-state index in [1.807, 2.05) is 25.6 Å². The largest absolute Gasteiger partial charge is 0.381 e. The maximum atomic E-state index is 6.36. The van der Waals surface area contributed by atoms with Crippen LogP contribution in [0.4, 0.5) is 0 Å². The molecule has 2 rings (SSSR count). The van der Waals surface area contributed by atoms with Crippen molar-refractivity contribution in [2.24, 2.45) is 12.9 Å². The summed E-state index contributed by atoms with van der Waals surface area (Å²) in [4.78, 5) is 0. The van der Waals surface area contributed by atoms with Gasteiger partial charge in [-0.15, -0.1) is 0 Å². The van der Waals surface area contributed by atoms with Crippen LogP contribution < -0.4 is 11.3 Å². The highest BCUT2D eigenvalue weighted by molar-refractivity contribution is 6.31. The van der Waals surface area contributed by atoms with E-state index in [4.69, 9.17) is 26.9 Å². The lowest BCUT2D eigenvalue weighted by Gasteiger charge is -2.42. The smallest absolute Gasteiger partial charge is 0.0895 e. The molecule has 3 N–H and O–H groups in total. The van der Waals surface area contributed by atoms with Gasteiger partial charge in [-0.3, -0.25) is 16.0 Å². The number of hydrogen-bond donors (Lipinski definition) is 2. The molecule has 1 fully saturated rings. The Labute approximate surface area is 130 Å². The number of nitrogens with zero attached hydrogens (tertiary/aromatic N) is 2. The molecule has 2 heterocycles. The molecule has 0 bridgehead atoms. The fraction of sp³-hybridized carbons (Fsp3) is 0.786. The Kier molecular flexibility index (Phi) is 5.62. The molecular weight excluding hydrogens is 292 g/mol. The van der Waals surface area contributed by atoms with Gasteiger partial charge < -0.3 is 9.47 Å². The molecule has 6 nitrogen and oxygen atoms in total. The van der Waals surface area contributed by atoms with Gasteiger partial charge in [-0.05, 0) is 13.8 Å². The molecule has 0 spiro atoms. The molecule has 21 heavy (non-hydrogen) atoms. The lowest BCUT2D eigenvalue weighted by atomic mass is 9.83. The Morgan fingerprint density at radius 3 is 2.67 bits per heavy atom. The van der Waals surface area contributed by atoms with Crippen LogP contribution in [0.1, 0.15) is 31.2 Å². The summed E-state index contributed by atoms with van der Waals surface area (Å²) in [6, 6.07) is -0.0337. The highest BCUT2D eigenvalue weighted by Crippen LogP contribution is 2.32. The fourth-order valence-corrected chi connectivity index (χ4v) is 3.33. The third kappa shape index (κ3) is 3.40. The molecule has 1 aromatic rings. The Morgan fingerprint density at radius 2 is 2.19 bits per heavy atom. The van der Waals surface area contributed by atoms with E-state index in [9.17, 15) is 0 Å². The molecule has 1 unspecified atom stereocenters. The summed E-state index contributed by atoms with van der Waals surface area (Å²) in [6.45, 7) is 5.94. The Balaban J connectivity index is 2.24. The van der Waals surface area contributed by atoms with Crippen LogP contribution in [0, 0.1) is 6.92 Å². The number of hydrogen-bond acceptors (Lipinski definition) is 5. The zero-order valence-corrected chi connectivity index (χ0v) is 13.7. The van der Waals surface area contributed by atoms with Gasteiger partial charge in [0.15, 0.2) is 0 Å². The van der Waals surface area contributed by atoms with E-state index in [0.29, 0.717) is 31.3 Å². The number of aryl methyl sites for hydroxylation is 2. The second-order valence-electron chi connectivity index (χ2n) is 5.50. The van der Waals surface area contributed by atoms with Gasteiger partial charge in [0.1, 0.15) is 0 Å². The van der Waals surface area contributed by atoms with Crippen LogP contribution in [0.2, 0.25) is 5.02 Å². The van der Waals surface area contributed by atoms with E-state index in [2.05, 4.69) is 10.5 Å². The third-order valence-corrected chi connectivity index (χ3v) is 4.76. The van der Waals surface area contributed by atoms with Gasteiger partial charge in [-0.2, -0.15) is 5.10 Å². The van der Waals surface area contributed by atoms with E-state index in [0.717, 1.165) is 24.2 Å². The van der Waals surface area contributed by atoms with Gasteiger partial charge in [-0.25, -0.2) is 0 Å². The minimum absolute atomic E-state index is 0.0337. The standard InChI is InChI=1S/C14H25ClN4O2/c1-4-21-14(5-7-20-8-6-14)12(17-16)9-11-13(15)10(2)18-19(11)3/h12,17H,4-9,16H2,1-3H3. The molecule has 0 saturated carbocycles. The Hall–Kier alpha value is -0.660. The minimum Gasteiger partial charge on any atom is -0.381 e. The summed E-state index contributed by atoms with van der Waals surface area (Å²) >= 11 is 6.36. The molecule has 0 aromatic carbocycles. The van der Waals surface area contributed by atoms with Crippen molar-refractivity contribution in [3.8, 4) is 0 Å². The van der Waals surface area contributed by atoms with Crippen LogP contribution in [0.5, 0.6) is 0 Å². The van der Waals surface area contributed by atoms with Gasteiger partial charge in [0.2, 0.25) is 0 Å². The van der Waals surface area contributed by atoms with Crippen molar-refractivity contribution in [2.45, 2.75) is 44.8 Å². The average molecular weight is 317 g/mol. The van der Waals surface area contributed by atoms with Crippen molar-refractivity contribution in [3.05, 3.63) is 16.4 Å². The van der Waals surface area contributed by atoms with E-state index < -0.39 is 0 Å². The van der Waals surface area contributed by atoms with Crippen LogP contribution in [0.3, 0.4) is 0 Å². The molecule has 0 amide bonds. The zero-order chi connectivity index (χ0) is 15.5. The summed E-state index contributed by atoms with van der Waals surface area (Å²) in [5.74, 6) is 5.83. The Bertz CT molecular complexity index is 466. The molecule has 120 valence electrons. The first-order valence-corrected chi connectivity index (χ1v) is 7.77. The van der Waals surface area contributed by atoms with Gasteiger partial charge in [0, 0.05) is 46.1 Å². The average Bonchev–Trinajstić information content (AvgIpc) is 2.71. The van der Waals surface area contributed by atoms with E-state index in [1.54, 1.807) is 0 Å². The summed E-state index contributed by atoms with van der Waals surface area (Å²) < 4.78 is 13.4. The second kappa shape index (κ2) is 7.07. The maximum Gasteiger partial charge on any atom is 0.0895 e. The molecule has 1 aliphatic rings. The van der Waals surface area contributed by atoms with Crippen molar-refractivity contribution in [1.82, 2.24) is 15.2 Å². The maximum absolute atomic E-state index is 6.36. The highest BCUT2D eigenvalue weighted by Gasteiger charge is 2.41. The van der Waals surface area contributed by atoms with Gasteiger partial charge >= 0.3 is 0 Å². The first-order chi connectivity index (χ1) is 10.0. The van der Waals surface area contributed by atoms with Crippen LogP contribution in [0.15, 0.2) is 0 Å². The molecule has 0 radical (unpaired) electrons. The van der Waals surface area contributed by atoms with E-state index >= 15 is 0 Å². The monoisotopic (exact) mass is 316 g/mol. The van der Waals surface area contributed by atoms with Crippen LogP contribution in [-0.2, 0) is 22.9 Å². The summed E-state index contributed by atoms with van der Waals surface area (Å²) in [5, 5.41) is 5.07. The van der Waals surface area contributed by atoms with Crippen molar-refractivity contribution < 1.29 is 9.47 Å². The molecule has 1 aliphatic heterocycles. The normalized spacial score (nSPS) is 19.7. The number of aromatic nitrogens is 2. The van der Waals surface area contributed by atoms with Gasteiger partial charge in [0.25, 0.3) is 0 Å². The van der Waals surface area contributed by atoms with Crippen molar-refractivity contribution in [1.29, 1.82) is 0 Å². The molecule has 7 heteroatoms. The summed E-state index contributed by atoms with van der Waals surface area (Å²) in [5.41, 5.74) is 4.42. The lowest BCUT2D eigenvalue weighted by Crippen LogP contribution is -2.58.